The third kappa shape index (κ3) is 3.24. The molecule has 118 valence electrons. The van der Waals surface area contributed by atoms with Crippen molar-refractivity contribution in [2.75, 3.05) is 14.2 Å². The zero-order valence-electron chi connectivity index (χ0n) is 14.4. The molecule has 1 aromatic carbocycles. The summed E-state index contributed by atoms with van der Waals surface area (Å²) >= 11 is 0. The van der Waals surface area contributed by atoms with Crippen LogP contribution in [0.4, 0.5) is 0 Å². The summed E-state index contributed by atoms with van der Waals surface area (Å²) in [7, 11) is 3.75. The summed E-state index contributed by atoms with van der Waals surface area (Å²) in [6.45, 7) is 10.8. The van der Waals surface area contributed by atoms with E-state index in [0.29, 0.717) is 5.92 Å². The van der Waals surface area contributed by atoms with E-state index in [1.165, 1.54) is 11.1 Å². The Hall–Kier alpha value is -1.06. The molecule has 0 amide bonds. The van der Waals surface area contributed by atoms with Gasteiger partial charge in [-0.25, -0.2) is 0 Å². The molecule has 1 fully saturated rings. The Morgan fingerprint density at radius 1 is 1.29 bits per heavy atom. The zero-order chi connectivity index (χ0) is 15.8. The topological polar surface area (TPSA) is 30.5 Å². The SMILES string of the molecule is CNC(c1ccc(C)c(OC)c1)C1CC(C)(C)OC1(C)C. The Kier molecular flexibility index (Phi) is 4.36. The number of aryl methyl sites for hydroxylation is 1. The minimum Gasteiger partial charge on any atom is -0.496 e. The van der Waals surface area contributed by atoms with E-state index in [-0.39, 0.29) is 17.2 Å². The van der Waals surface area contributed by atoms with Crippen LogP contribution in [0.1, 0.15) is 51.3 Å². The fourth-order valence-electron chi connectivity index (χ4n) is 3.75. The van der Waals surface area contributed by atoms with Crippen molar-refractivity contribution in [1.29, 1.82) is 0 Å². The van der Waals surface area contributed by atoms with Gasteiger partial charge in [0.05, 0.1) is 18.3 Å². The Labute approximate surface area is 129 Å². The van der Waals surface area contributed by atoms with Gasteiger partial charge in [-0.3, -0.25) is 0 Å². The third-order valence-corrected chi connectivity index (χ3v) is 4.65. The maximum absolute atomic E-state index is 6.26. The van der Waals surface area contributed by atoms with Gasteiger partial charge in [-0.2, -0.15) is 0 Å². The molecule has 0 bridgehead atoms. The van der Waals surface area contributed by atoms with Gasteiger partial charge in [-0.15, -0.1) is 0 Å². The molecular formula is C18H29NO2. The standard InChI is InChI=1S/C18H29NO2/c1-12-8-9-13(10-15(12)20-7)16(19-6)14-11-17(2,3)21-18(14,4)5/h8-10,14,16,19H,11H2,1-7H3. The van der Waals surface area contributed by atoms with Gasteiger partial charge in [-0.1, -0.05) is 12.1 Å². The zero-order valence-corrected chi connectivity index (χ0v) is 14.4. The lowest BCUT2D eigenvalue weighted by Crippen LogP contribution is -2.37. The van der Waals surface area contributed by atoms with E-state index in [9.17, 15) is 0 Å². The van der Waals surface area contributed by atoms with Crippen LogP contribution in [0, 0.1) is 12.8 Å². The van der Waals surface area contributed by atoms with Gasteiger partial charge < -0.3 is 14.8 Å². The van der Waals surface area contributed by atoms with Crippen LogP contribution in [0.15, 0.2) is 18.2 Å². The number of hydrogen-bond donors (Lipinski definition) is 1. The van der Waals surface area contributed by atoms with Gasteiger partial charge in [0.25, 0.3) is 0 Å². The van der Waals surface area contributed by atoms with Crippen molar-refractivity contribution in [1.82, 2.24) is 5.32 Å². The lowest BCUT2D eigenvalue weighted by Gasteiger charge is -2.33. The first-order valence-corrected chi connectivity index (χ1v) is 7.72. The summed E-state index contributed by atoms with van der Waals surface area (Å²) in [6, 6.07) is 6.74. The molecule has 0 saturated carbocycles. The number of ether oxygens (including phenoxy) is 2. The minimum atomic E-state index is -0.144. The van der Waals surface area contributed by atoms with Crippen molar-refractivity contribution in [2.24, 2.45) is 5.92 Å². The molecule has 3 nitrogen and oxygen atoms in total. The van der Waals surface area contributed by atoms with Crippen molar-refractivity contribution in [3.05, 3.63) is 29.3 Å². The highest BCUT2D eigenvalue weighted by Crippen LogP contribution is 2.47. The maximum Gasteiger partial charge on any atom is 0.122 e. The average molecular weight is 291 g/mol. The minimum absolute atomic E-state index is 0.0714. The first kappa shape index (κ1) is 16.3. The largest absolute Gasteiger partial charge is 0.496 e. The van der Waals surface area contributed by atoms with Gasteiger partial charge in [0.1, 0.15) is 5.75 Å². The van der Waals surface area contributed by atoms with Crippen molar-refractivity contribution in [3.63, 3.8) is 0 Å². The molecule has 0 radical (unpaired) electrons. The van der Waals surface area contributed by atoms with Crippen LogP contribution in [0.2, 0.25) is 0 Å². The Bertz CT molecular complexity index is 508. The summed E-state index contributed by atoms with van der Waals surface area (Å²) in [5, 5.41) is 3.49. The van der Waals surface area contributed by atoms with E-state index in [0.717, 1.165) is 12.2 Å². The summed E-state index contributed by atoms with van der Waals surface area (Å²) in [5.74, 6) is 1.37. The molecule has 21 heavy (non-hydrogen) atoms. The molecule has 0 aliphatic carbocycles. The van der Waals surface area contributed by atoms with Crippen LogP contribution in [-0.4, -0.2) is 25.4 Å². The van der Waals surface area contributed by atoms with E-state index < -0.39 is 0 Å². The highest BCUT2D eigenvalue weighted by atomic mass is 16.5. The summed E-state index contributed by atoms with van der Waals surface area (Å²) in [4.78, 5) is 0. The van der Waals surface area contributed by atoms with Crippen LogP contribution in [0.3, 0.4) is 0 Å². The normalized spacial score (nSPS) is 24.8. The van der Waals surface area contributed by atoms with Gasteiger partial charge in [-0.05, 0) is 65.3 Å². The smallest absolute Gasteiger partial charge is 0.122 e. The highest BCUT2D eigenvalue weighted by Gasteiger charge is 2.49. The van der Waals surface area contributed by atoms with Crippen LogP contribution in [0.25, 0.3) is 0 Å². The van der Waals surface area contributed by atoms with E-state index in [4.69, 9.17) is 9.47 Å². The number of rotatable bonds is 4. The first-order chi connectivity index (χ1) is 9.70. The van der Waals surface area contributed by atoms with Gasteiger partial charge >= 0.3 is 0 Å². The molecule has 2 rings (SSSR count). The van der Waals surface area contributed by atoms with Crippen LogP contribution in [-0.2, 0) is 4.74 Å². The molecule has 2 unspecified atom stereocenters. The number of hydrogen-bond acceptors (Lipinski definition) is 3. The molecular weight excluding hydrogens is 262 g/mol. The van der Waals surface area contributed by atoms with Crippen molar-refractivity contribution in [2.45, 2.75) is 58.3 Å². The van der Waals surface area contributed by atoms with Crippen LogP contribution in [0.5, 0.6) is 5.75 Å². The highest BCUT2D eigenvalue weighted by molar-refractivity contribution is 5.38. The lowest BCUT2D eigenvalue weighted by molar-refractivity contribution is -0.0776. The van der Waals surface area contributed by atoms with Crippen LogP contribution < -0.4 is 10.1 Å². The Morgan fingerprint density at radius 3 is 2.43 bits per heavy atom. The van der Waals surface area contributed by atoms with E-state index >= 15 is 0 Å². The Balaban J connectivity index is 2.36. The van der Waals surface area contributed by atoms with E-state index in [1.807, 2.05) is 7.05 Å². The summed E-state index contributed by atoms with van der Waals surface area (Å²) in [5.41, 5.74) is 2.21. The maximum atomic E-state index is 6.26. The molecule has 1 aromatic rings. The predicted octanol–water partition coefficient (Wildman–Crippen LogP) is 3.86. The monoisotopic (exact) mass is 291 g/mol. The Morgan fingerprint density at radius 2 is 1.95 bits per heavy atom. The average Bonchev–Trinajstić information content (AvgIpc) is 2.60. The second-order valence-corrected chi connectivity index (χ2v) is 7.27. The van der Waals surface area contributed by atoms with Gasteiger partial charge in [0.2, 0.25) is 0 Å². The fourth-order valence-corrected chi connectivity index (χ4v) is 3.75. The molecule has 1 aliphatic heterocycles. The second kappa shape index (κ2) is 5.62. The first-order valence-electron chi connectivity index (χ1n) is 7.72. The quantitative estimate of drug-likeness (QED) is 0.914. The lowest BCUT2D eigenvalue weighted by atomic mass is 9.79. The molecule has 3 heteroatoms. The number of methoxy groups -OCH3 is 1. The molecule has 0 aromatic heterocycles. The fraction of sp³-hybridized carbons (Fsp3) is 0.667. The molecule has 0 spiro atoms. The van der Waals surface area contributed by atoms with Crippen LogP contribution >= 0.6 is 0 Å². The van der Waals surface area contributed by atoms with E-state index in [1.54, 1.807) is 7.11 Å². The summed E-state index contributed by atoms with van der Waals surface area (Å²) in [6.07, 6.45) is 1.04. The van der Waals surface area contributed by atoms with Crippen molar-refractivity contribution >= 4 is 0 Å². The molecule has 2 atom stereocenters. The molecule has 1 aliphatic rings. The summed E-state index contributed by atoms with van der Waals surface area (Å²) < 4.78 is 11.7. The second-order valence-electron chi connectivity index (χ2n) is 7.27. The number of nitrogens with one attached hydrogen (secondary N) is 1. The molecule has 1 saturated heterocycles. The van der Waals surface area contributed by atoms with Crippen molar-refractivity contribution < 1.29 is 9.47 Å². The predicted molar refractivity (Wildman–Crippen MR) is 86.9 cm³/mol. The van der Waals surface area contributed by atoms with Gasteiger partial charge in [0.15, 0.2) is 0 Å². The van der Waals surface area contributed by atoms with Gasteiger partial charge in [0, 0.05) is 12.0 Å². The molecule has 1 N–H and O–H groups in total. The third-order valence-electron chi connectivity index (χ3n) is 4.65. The van der Waals surface area contributed by atoms with E-state index in [2.05, 4.69) is 58.1 Å². The molecule has 1 heterocycles. The number of benzene rings is 1. The van der Waals surface area contributed by atoms with Crippen molar-refractivity contribution in [3.8, 4) is 5.75 Å².